The van der Waals surface area contributed by atoms with Crippen molar-refractivity contribution in [3.8, 4) is 22.5 Å². The van der Waals surface area contributed by atoms with Crippen LogP contribution in [-0.2, 0) is 30.4 Å². The molecule has 43 heavy (non-hydrogen) atoms. The van der Waals surface area contributed by atoms with E-state index >= 15 is 0 Å². The van der Waals surface area contributed by atoms with Crippen LogP contribution in [0.3, 0.4) is 0 Å². The average Bonchev–Trinajstić information content (AvgIpc) is 3.42. The summed E-state index contributed by atoms with van der Waals surface area (Å²) in [6.07, 6.45) is 6.92. The lowest BCUT2D eigenvalue weighted by atomic mass is 9.89. The molecule has 9 heteroatoms. The van der Waals surface area contributed by atoms with Crippen molar-refractivity contribution >= 4 is 23.2 Å². The van der Waals surface area contributed by atoms with Gasteiger partial charge >= 0.3 is 5.97 Å². The number of unbranched alkanes of at least 4 members (excludes halogenated alkanes) is 3. The van der Waals surface area contributed by atoms with Crippen molar-refractivity contribution in [2.45, 2.75) is 90.6 Å². The van der Waals surface area contributed by atoms with Crippen LogP contribution in [-0.4, -0.2) is 52.4 Å². The molecule has 1 unspecified atom stereocenters. The summed E-state index contributed by atoms with van der Waals surface area (Å²) in [7, 11) is 0. The predicted octanol–water partition coefficient (Wildman–Crippen LogP) is 6.72. The molecule has 3 aromatic rings. The monoisotopic (exact) mass is 588 g/mol. The zero-order chi connectivity index (χ0) is 30.4. The quantitative estimate of drug-likeness (QED) is 0.129. The molecule has 1 aromatic heterocycles. The van der Waals surface area contributed by atoms with E-state index in [1.54, 1.807) is 4.68 Å². The molecule has 1 N–H and O–H groups in total. The highest BCUT2D eigenvalue weighted by molar-refractivity contribution is 5.96. The number of benzene rings is 2. The number of anilines is 1. The van der Waals surface area contributed by atoms with E-state index in [4.69, 9.17) is 9.47 Å². The van der Waals surface area contributed by atoms with Gasteiger partial charge < -0.3 is 14.8 Å². The number of esters is 1. The Bertz CT molecular complexity index is 1370. The molecule has 230 valence electrons. The molecule has 0 radical (unpaired) electrons. The normalized spacial score (nSPS) is 13.6. The van der Waals surface area contributed by atoms with Crippen molar-refractivity contribution in [2.24, 2.45) is 0 Å². The standard InChI is InChI=1S/C34H44N4O5/c1-3-5-6-7-19-31(41)43-24-21-38-34-27-15-9-8-14-26(27)32(30(40)18-12-13-25(39)20-23-42-22-4-2)35-29-17-11-10-16-28(29)33(34)36-37-38/h8-11,14-17,32,35H,3-7,12-13,18-24H2,1-2H3. The third-order valence-corrected chi connectivity index (χ3v) is 7.62. The van der Waals surface area contributed by atoms with E-state index in [1.165, 1.54) is 0 Å². The minimum atomic E-state index is -0.613. The van der Waals surface area contributed by atoms with E-state index in [2.05, 4.69) is 22.6 Å². The van der Waals surface area contributed by atoms with Gasteiger partial charge in [-0.05, 0) is 30.9 Å². The van der Waals surface area contributed by atoms with Crippen molar-refractivity contribution in [3.63, 3.8) is 0 Å². The zero-order valence-electron chi connectivity index (χ0n) is 25.5. The largest absolute Gasteiger partial charge is 0.464 e. The number of ketones is 2. The minimum absolute atomic E-state index is 0.0109. The molecule has 2 heterocycles. The van der Waals surface area contributed by atoms with Gasteiger partial charge in [0.05, 0.1) is 18.8 Å². The predicted molar refractivity (Wildman–Crippen MR) is 167 cm³/mol. The average molecular weight is 589 g/mol. The number of fused-ring (bicyclic) bond motifs is 5. The van der Waals surface area contributed by atoms with E-state index < -0.39 is 6.04 Å². The van der Waals surface area contributed by atoms with Crippen molar-refractivity contribution in [1.29, 1.82) is 0 Å². The second-order valence-electron chi connectivity index (χ2n) is 11.0. The van der Waals surface area contributed by atoms with Gasteiger partial charge in [-0.1, -0.05) is 80.8 Å². The number of carbonyl (C=O) groups is 3. The van der Waals surface area contributed by atoms with Crippen molar-refractivity contribution in [1.82, 2.24) is 15.0 Å². The zero-order valence-corrected chi connectivity index (χ0v) is 25.5. The molecule has 1 aliphatic heterocycles. The Morgan fingerprint density at radius 2 is 1.60 bits per heavy atom. The Kier molecular flexibility index (Phi) is 12.5. The number of Topliss-reactive ketones (excluding diaryl/α,β-unsaturated/α-hetero) is 2. The van der Waals surface area contributed by atoms with Crippen LogP contribution in [0.5, 0.6) is 0 Å². The molecule has 0 amide bonds. The fraction of sp³-hybridized carbons (Fsp3) is 0.500. The number of para-hydroxylation sites is 1. The third kappa shape index (κ3) is 8.83. The van der Waals surface area contributed by atoms with Crippen LogP contribution in [0.2, 0.25) is 0 Å². The summed E-state index contributed by atoms with van der Waals surface area (Å²) in [4.78, 5) is 38.3. The molecule has 1 atom stereocenters. The number of rotatable bonds is 18. The summed E-state index contributed by atoms with van der Waals surface area (Å²) >= 11 is 0. The third-order valence-electron chi connectivity index (χ3n) is 7.62. The van der Waals surface area contributed by atoms with Gasteiger partial charge in [-0.25, -0.2) is 4.68 Å². The van der Waals surface area contributed by atoms with Crippen LogP contribution < -0.4 is 5.32 Å². The molecule has 0 bridgehead atoms. The van der Waals surface area contributed by atoms with Gasteiger partial charge in [0.25, 0.3) is 0 Å². The van der Waals surface area contributed by atoms with Crippen LogP contribution in [0.1, 0.15) is 89.7 Å². The number of aromatic nitrogens is 3. The van der Waals surface area contributed by atoms with Gasteiger partial charge in [0.2, 0.25) is 0 Å². The maximum absolute atomic E-state index is 13.7. The Balaban J connectivity index is 1.52. The lowest BCUT2D eigenvalue weighted by Gasteiger charge is -2.26. The fourth-order valence-corrected chi connectivity index (χ4v) is 5.36. The van der Waals surface area contributed by atoms with Crippen LogP contribution >= 0.6 is 0 Å². The number of nitrogens with zero attached hydrogens (tertiary/aromatic N) is 3. The number of carbonyl (C=O) groups excluding carboxylic acids is 3. The molecular formula is C34H44N4O5. The number of ether oxygens (including phenoxy) is 2. The van der Waals surface area contributed by atoms with E-state index in [0.717, 1.165) is 60.2 Å². The van der Waals surface area contributed by atoms with E-state index in [9.17, 15) is 14.4 Å². The highest BCUT2D eigenvalue weighted by atomic mass is 16.5. The molecule has 0 aliphatic carbocycles. The molecule has 0 spiro atoms. The highest BCUT2D eigenvalue weighted by Crippen LogP contribution is 2.42. The second kappa shape index (κ2) is 16.7. The fourth-order valence-electron chi connectivity index (χ4n) is 5.36. The first-order valence-electron chi connectivity index (χ1n) is 15.7. The van der Waals surface area contributed by atoms with Gasteiger partial charge in [-0.15, -0.1) is 5.10 Å². The SMILES string of the molecule is CCCCCCC(=O)OCCn1nnc2c1-c1ccccc1C(C(=O)CCCC(=O)CCOCCC)Nc1ccccc1-2. The summed E-state index contributed by atoms with van der Waals surface area (Å²) in [5.41, 5.74) is 4.77. The van der Waals surface area contributed by atoms with E-state index in [0.29, 0.717) is 51.1 Å². The molecule has 0 saturated carbocycles. The molecule has 2 aromatic carbocycles. The Morgan fingerprint density at radius 1 is 0.814 bits per heavy atom. The Hall–Kier alpha value is -3.85. The first kappa shape index (κ1) is 32.1. The van der Waals surface area contributed by atoms with Gasteiger partial charge in [-0.3, -0.25) is 14.4 Å². The molecule has 0 fully saturated rings. The maximum atomic E-state index is 13.7. The lowest BCUT2D eigenvalue weighted by molar-refractivity contribution is -0.144. The van der Waals surface area contributed by atoms with Gasteiger partial charge in [0, 0.05) is 49.1 Å². The second-order valence-corrected chi connectivity index (χ2v) is 11.0. The van der Waals surface area contributed by atoms with Gasteiger partial charge in [0.1, 0.15) is 24.1 Å². The lowest BCUT2D eigenvalue weighted by Crippen LogP contribution is -2.24. The smallest absolute Gasteiger partial charge is 0.305 e. The minimum Gasteiger partial charge on any atom is -0.464 e. The van der Waals surface area contributed by atoms with Gasteiger partial charge in [-0.2, -0.15) is 0 Å². The van der Waals surface area contributed by atoms with Crippen molar-refractivity contribution in [2.75, 3.05) is 25.1 Å². The molecule has 0 saturated heterocycles. The maximum Gasteiger partial charge on any atom is 0.305 e. The summed E-state index contributed by atoms with van der Waals surface area (Å²) in [5.74, 6) is -0.0787. The van der Waals surface area contributed by atoms with E-state index in [1.807, 2.05) is 55.5 Å². The summed E-state index contributed by atoms with van der Waals surface area (Å²) in [6.45, 7) is 5.78. The highest BCUT2D eigenvalue weighted by Gasteiger charge is 2.30. The summed E-state index contributed by atoms with van der Waals surface area (Å²) in [6, 6.07) is 14.9. The van der Waals surface area contributed by atoms with E-state index in [-0.39, 0.29) is 30.6 Å². The van der Waals surface area contributed by atoms with Crippen molar-refractivity contribution in [3.05, 3.63) is 54.1 Å². The van der Waals surface area contributed by atoms with Crippen LogP contribution in [0.25, 0.3) is 22.5 Å². The number of hydrogen-bond donors (Lipinski definition) is 1. The molecular weight excluding hydrogens is 544 g/mol. The van der Waals surface area contributed by atoms with Crippen LogP contribution in [0.4, 0.5) is 5.69 Å². The van der Waals surface area contributed by atoms with Crippen LogP contribution in [0.15, 0.2) is 48.5 Å². The first-order chi connectivity index (χ1) is 21.0. The summed E-state index contributed by atoms with van der Waals surface area (Å²) in [5, 5.41) is 12.5. The first-order valence-corrected chi connectivity index (χ1v) is 15.7. The molecule has 9 nitrogen and oxygen atoms in total. The van der Waals surface area contributed by atoms with Gasteiger partial charge in [0.15, 0.2) is 5.78 Å². The summed E-state index contributed by atoms with van der Waals surface area (Å²) < 4.78 is 12.7. The molecule has 1 aliphatic rings. The Morgan fingerprint density at radius 3 is 2.42 bits per heavy atom. The topological polar surface area (TPSA) is 112 Å². The van der Waals surface area contributed by atoms with Crippen LogP contribution in [0, 0.1) is 0 Å². The molecule has 4 rings (SSSR count). The van der Waals surface area contributed by atoms with Crippen molar-refractivity contribution < 1.29 is 23.9 Å². The number of hydrogen-bond acceptors (Lipinski definition) is 8. The number of nitrogens with one attached hydrogen (secondary N) is 1. The Labute approximate surface area is 254 Å².